The number of nitrogens with one attached hydrogen (secondary N) is 1. The van der Waals surface area contributed by atoms with Crippen LogP contribution >= 0.6 is 0 Å². The molecule has 140 valence electrons. The van der Waals surface area contributed by atoms with E-state index in [1.807, 2.05) is 16.8 Å². The van der Waals surface area contributed by atoms with E-state index in [0.717, 1.165) is 57.9 Å². The highest BCUT2D eigenvalue weighted by atomic mass is 16.4. The number of carboxylic acid groups (broad SMARTS) is 1. The number of carboxylic acids is 1. The van der Waals surface area contributed by atoms with Gasteiger partial charge in [-0.25, -0.2) is 4.79 Å². The molecular formula is C18H35N3O3. The van der Waals surface area contributed by atoms with Crippen molar-refractivity contribution >= 4 is 12.0 Å². The van der Waals surface area contributed by atoms with Crippen molar-refractivity contribution < 1.29 is 14.7 Å². The van der Waals surface area contributed by atoms with Gasteiger partial charge in [0.05, 0.1) is 6.54 Å². The molecule has 0 aromatic carbocycles. The first kappa shape index (κ1) is 20.7. The highest BCUT2D eigenvalue weighted by Gasteiger charge is 2.24. The van der Waals surface area contributed by atoms with E-state index < -0.39 is 5.97 Å². The van der Waals surface area contributed by atoms with Crippen molar-refractivity contribution in [3.63, 3.8) is 0 Å². The number of carbonyl (C=O) groups excluding carboxylic acids is 1. The summed E-state index contributed by atoms with van der Waals surface area (Å²) < 4.78 is 0. The van der Waals surface area contributed by atoms with Crippen LogP contribution in [0.5, 0.6) is 0 Å². The predicted octanol–water partition coefficient (Wildman–Crippen LogP) is 2.93. The molecule has 1 fully saturated rings. The van der Waals surface area contributed by atoms with Crippen LogP contribution in [0.1, 0.15) is 65.2 Å². The molecular weight excluding hydrogens is 306 g/mol. The van der Waals surface area contributed by atoms with Gasteiger partial charge in [0, 0.05) is 25.2 Å². The number of amides is 2. The summed E-state index contributed by atoms with van der Waals surface area (Å²) in [5.41, 5.74) is 0. The molecule has 6 heteroatoms. The molecule has 0 bridgehead atoms. The van der Waals surface area contributed by atoms with Gasteiger partial charge in [0.15, 0.2) is 0 Å². The second-order valence-electron chi connectivity index (χ2n) is 6.96. The van der Waals surface area contributed by atoms with E-state index >= 15 is 0 Å². The topological polar surface area (TPSA) is 72.9 Å². The third-order valence-electron chi connectivity index (χ3n) is 4.86. The zero-order chi connectivity index (χ0) is 17.9. The lowest BCUT2D eigenvalue weighted by atomic mass is 10.1. The second-order valence-corrected chi connectivity index (χ2v) is 6.96. The van der Waals surface area contributed by atoms with E-state index in [9.17, 15) is 9.59 Å². The predicted molar refractivity (Wildman–Crippen MR) is 96.2 cm³/mol. The smallest absolute Gasteiger partial charge is 0.317 e. The van der Waals surface area contributed by atoms with Gasteiger partial charge in [0.1, 0.15) is 0 Å². The van der Waals surface area contributed by atoms with Gasteiger partial charge < -0.3 is 15.3 Å². The highest BCUT2D eigenvalue weighted by molar-refractivity contribution is 5.74. The molecule has 0 aromatic heterocycles. The third kappa shape index (κ3) is 7.51. The van der Waals surface area contributed by atoms with Gasteiger partial charge in [-0.1, -0.05) is 33.1 Å². The lowest BCUT2D eigenvalue weighted by Gasteiger charge is -2.27. The molecule has 1 heterocycles. The van der Waals surface area contributed by atoms with Crippen molar-refractivity contribution in [2.24, 2.45) is 0 Å². The Morgan fingerprint density at radius 2 is 1.96 bits per heavy atom. The summed E-state index contributed by atoms with van der Waals surface area (Å²) in [7, 11) is 1.86. The molecule has 1 aliphatic heterocycles. The minimum atomic E-state index is -0.797. The first-order valence-corrected chi connectivity index (χ1v) is 9.45. The Morgan fingerprint density at radius 1 is 1.21 bits per heavy atom. The van der Waals surface area contributed by atoms with Gasteiger partial charge in [-0.15, -0.1) is 0 Å². The number of aliphatic carboxylic acids is 1. The third-order valence-corrected chi connectivity index (χ3v) is 4.86. The van der Waals surface area contributed by atoms with E-state index in [0.29, 0.717) is 6.54 Å². The molecule has 2 atom stereocenters. The van der Waals surface area contributed by atoms with Crippen LogP contribution in [0.2, 0.25) is 0 Å². The van der Waals surface area contributed by atoms with Gasteiger partial charge in [0.25, 0.3) is 0 Å². The van der Waals surface area contributed by atoms with Crippen molar-refractivity contribution in [1.82, 2.24) is 15.1 Å². The van der Waals surface area contributed by atoms with Gasteiger partial charge >= 0.3 is 12.0 Å². The number of hydrogen-bond donors (Lipinski definition) is 2. The molecule has 6 nitrogen and oxygen atoms in total. The molecule has 24 heavy (non-hydrogen) atoms. The van der Waals surface area contributed by atoms with Crippen molar-refractivity contribution in [2.45, 2.75) is 77.3 Å². The van der Waals surface area contributed by atoms with Crippen LogP contribution in [-0.2, 0) is 4.79 Å². The lowest BCUT2D eigenvalue weighted by Crippen LogP contribution is -2.45. The second kappa shape index (κ2) is 11.3. The molecule has 2 amide bonds. The summed E-state index contributed by atoms with van der Waals surface area (Å²) >= 11 is 0. The SMILES string of the molecule is CCCCC(CCC)NC(=O)N1CCCC(N(C)CC(=O)O)CC1. The Balaban J connectivity index is 2.49. The fourth-order valence-corrected chi connectivity index (χ4v) is 3.42. The fourth-order valence-electron chi connectivity index (χ4n) is 3.42. The van der Waals surface area contributed by atoms with Crippen LogP contribution in [-0.4, -0.2) is 65.7 Å². The van der Waals surface area contributed by atoms with Crippen LogP contribution in [0.3, 0.4) is 0 Å². The van der Waals surface area contributed by atoms with Crippen LogP contribution in [0.15, 0.2) is 0 Å². The molecule has 1 aliphatic rings. The number of urea groups is 1. The maximum Gasteiger partial charge on any atom is 0.317 e. The molecule has 0 aromatic rings. The zero-order valence-electron chi connectivity index (χ0n) is 15.6. The van der Waals surface area contributed by atoms with Gasteiger partial charge in [0.2, 0.25) is 0 Å². The summed E-state index contributed by atoms with van der Waals surface area (Å²) in [5, 5.41) is 12.1. The minimum Gasteiger partial charge on any atom is -0.480 e. The van der Waals surface area contributed by atoms with Crippen molar-refractivity contribution in [2.75, 3.05) is 26.7 Å². The maximum absolute atomic E-state index is 12.6. The molecule has 1 rings (SSSR count). The van der Waals surface area contributed by atoms with Crippen molar-refractivity contribution in [1.29, 1.82) is 0 Å². The average Bonchev–Trinajstić information content (AvgIpc) is 2.78. The fraction of sp³-hybridized carbons (Fsp3) is 0.889. The summed E-state index contributed by atoms with van der Waals surface area (Å²) in [6.45, 7) is 5.85. The largest absolute Gasteiger partial charge is 0.480 e. The van der Waals surface area contributed by atoms with Crippen molar-refractivity contribution in [3.8, 4) is 0 Å². The van der Waals surface area contributed by atoms with Crippen LogP contribution in [0.4, 0.5) is 4.79 Å². The van der Waals surface area contributed by atoms with E-state index in [1.165, 1.54) is 0 Å². The van der Waals surface area contributed by atoms with Gasteiger partial charge in [-0.05, 0) is 39.2 Å². The zero-order valence-corrected chi connectivity index (χ0v) is 15.6. The summed E-state index contributed by atoms with van der Waals surface area (Å²) in [4.78, 5) is 27.2. The Kier molecular flexibility index (Phi) is 9.76. The molecule has 0 saturated carbocycles. The van der Waals surface area contributed by atoms with Crippen LogP contribution in [0.25, 0.3) is 0 Å². The number of nitrogens with zero attached hydrogens (tertiary/aromatic N) is 2. The number of likely N-dealkylation sites (N-methyl/N-ethyl adjacent to an activating group) is 1. The molecule has 2 N–H and O–H groups in total. The summed E-state index contributed by atoms with van der Waals surface area (Å²) in [5.74, 6) is -0.797. The number of hydrogen-bond acceptors (Lipinski definition) is 3. The standard InChI is InChI=1S/C18H35N3O3/c1-4-6-9-15(8-5-2)19-18(24)21-12-7-10-16(11-13-21)20(3)14-17(22)23/h15-16H,4-14H2,1-3H3,(H,19,24)(H,22,23). The molecule has 0 aliphatic carbocycles. The van der Waals surface area contributed by atoms with Crippen LogP contribution in [0, 0.1) is 0 Å². The summed E-state index contributed by atoms with van der Waals surface area (Å²) in [6.07, 6.45) is 8.17. The highest BCUT2D eigenvalue weighted by Crippen LogP contribution is 2.16. The number of unbranched alkanes of at least 4 members (excludes halogenated alkanes) is 1. The minimum absolute atomic E-state index is 0.0473. The Labute approximate surface area is 146 Å². The first-order chi connectivity index (χ1) is 11.5. The van der Waals surface area contributed by atoms with Crippen molar-refractivity contribution in [3.05, 3.63) is 0 Å². The lowest BCUT2D eigenvalue weighted by molar-refractivity contribution is -0.138. The molecule has 0 radical (unpaired) electrons. The van der Waals surface area contributed by atoms with Gasteiger partial charge in [-0.2, -0.15) is 0 Å². The van der Waals surface area contributed by atoms with E-state index in [1.54, 1.807) is 0 Å². The van der Waals surface area contributed by atoms with E-state index in [-0.39, 0.29) is 24.7 Å². The molecule has 1 saturated heterocycles. The number of carbonyl (C=O) groups is 2. The molecule has 2 unspecified atom stereocenters. The Hall–Kier alpha value is -1.30. The monoisotopic (exact) mass is 341 g/mol. The average molecular weight is 341 g/mol. The first-order valence-electron chi connectivity index (χ1n) is 9.45. The van der Waals surface area contributed by atoms with E-state index in [2.05, 4.69) is 19.2 Å². The number of rotatable bonds is 9. The quantitative estimate of drug-likeness (QED) is 0.676. The summed E-state index contributed by atoms with van der Waals surface area (Å²) in [6, 6.07) is 0.563. The Morgan fingerprint density at radius 3 is 2.58 bits per heavy atom. The number of likely N-dealkylation sites (tertiary alicyclic amines) is 1. The normalized spacial score (nSPS) is 19.8. The molecule has 0 spiro atoms. The Bertz CT molecular complexity index is 390. The van der Waals surface area contributed by atoms with E-state index in [4.69, 9.17) is 5.11 Å². The maximum atomic E-state index is 12.6. The van der Waals surface area contributed by atoms with Gasteiger partial charge in [-0.3, -0.25) is 9.69 Å². The van der Waals surface area contributed by atoms with Crippen LogP contribution < -0.4 is 5.32 Å².